The molecule has 0 aliphatic carbocycles. The van der Waals surface area contributed by atoms with Crippen molar-refractivity contribution in [1.29, 1.82) is 0 Å². The average Bonchev–Trinajstić information content (AvgIpc) is 0.783. The van der Waals surface area contributed by atoms with E-state index in [0.29, 0.717) is 12.8 Å². The van der Waals surface area contributed by atoms with Crippen LogP contribution in [0.25, 0.3) is 0 Å². The van der Waals surface area contributed by atoms with Crippen LogP contribution < -0.4 is 5.32 Å². The third-order valence-electron chi connectivity index (χ3n) is 24.1. The van der Waals surface area contributed by atoms with E-state index < -0.39 is 124 Å². The van der Waals surface area contributed by atoms with Crippen LogP contribution in [0.4, 0.5) is 0 Å². The van der Waals surface area contributed by atoms with Gasteiger partial charge in [-0.2, -0.15) is 0 Å². The number of rotatable bonds is 80. The fourth-order valence-corrected chi connectivity index (χ4v) is 16.5. The average molecular weight is 1650 g/mol. The van der Waals surface area contributed by atoms with Gasteiger partial charge in [-0.1, -0.05) is 415 Å². The summed E-state index contributed by atoms with van der Waals surface area (Å²) in [6, 6.07) is -0.889. The minimum atomic E-state index is -1.97. The van der Waals surface area contributed by atoms with E-state index in [2.05, 4.69) is 79.9 Å². The Kier molecular flexibility index (Phi) is 70.7. The lowest BCUT2D eigenvalue weighted by Crippen LogP contribution is -2.66. The zero-order valence-corrected chi connectivity index (χ0v) is 73.7. The number of hydrogen-bond acceptors (Lipinski definition) is 18. The number of aliphatic hydroxyl groups excluding tert-OH is 11. The van der Waals surface area contributed by atoms with Crippen LogP contribution in [0.1, 0.15) is 418 Å². The highest BCUT2D eigenvalue weighted by molar-refractivity contribution is 5.76. The summed E-state index contributed by atoms with van der Waals surface area (Å²) in [6.07, 6.45) is 74.9. The molecule has 3 aliphatic heterocycles. The molecule has 3 heterocycles. The van der Waals surface area contributed by atoms with E-state index in [1.807, 2.05) is 0 Å². The molecule has 0 aromatic heterocycles. The number of hydrogen-bond donors (Lipinski definition) is 12. The maximum atomic E-state index is 13.6. The molecule has 19 heteroatoms. The highest BCUT2D eigenvalue weighted by Gasteiger charge is 2.54. The molecule has 0 spiro atoms. The predicted molar refractivity (Wildman–Crippen MR) is 471 cm³/mol. The van der Waals surface area contributed by atoms with E-state index >= 15 is 0 Å². The van der Waals surface area contributed by atoms with E-state index in [-0.39, 0.29) is 18.9 Å². The SMILES string of the molecule is CC/C=C\C/C=C\C/C=C\C/C=C\C/C=C\CCCCCCCCCCCCCCCCCCCCCCCCCCCC(=O)NC(COC1OC(CO)C(OC2OC(CO)C(OC3OC(CO)C(O)C(O)C3O)C(O)C2O)C(O)C1O)C(O)CCCCCCCCCCCCCCCCCCCCCCCCCCCCCCCC. The first-order chi connectivity index (χ1) is 56.8. The lowest BCUT2D eigenvalue weighted by atomic mass is 9.96. The van der Waals surface area contributed by atoms with Crippen molar-refractivity contribution in [2.75, 3.05) is 26.4 Å². The normalized spacial score (nSPS) is 24.7. The van der Waals surface area contributed by atoms with E-state index in [1.165, 1.54) is 308 Å². The lowest BCUT2D eigenvalue weighted by molar-refractivity contribution is -0.379. The van der Waals surface area contributed by atoms with Crippen molar-refractivity contribution >= 4 is 5.91 Å². The summed E-state index contributed by atoms with van der Waals surface area (Å²) in [5, 5.41) is 122. The quantitative estimate of drug-likeness (QED) is 0.0199. The molecule has 0 saturated carbocycles. The van der Waals surface area contributed by atoms with Crippen molar-refractivity contribution in [2.45, 2.75) is 523 Å². The Morgan fingerprint density at radius 1 is 0.319 bits per heavy atom. The summed E-state index contributed by atoms with van der Waals surface area (Å²) in [4.78, 5) is 13.6. The second-order valence-corrected chi connectivity index (χ2v) is 34.5. The second-order valence-electron chi connectivity index (χ2n) is 34.5. The molecule has 3 saturated heterocycles. The first kappa shape index (κ1) is 108. The second kappa shape index (κ2) is 76.2. The molecule has 12 N–H and O–H groups in total. The van der Waals surface area contributed by atoms with Gasteiger partial charge in [-0.15, -0.1) is 0 Å². The molecule has 3 fully saturated rings. The number of allylic oxidation sites excluding steroid dienone is 10. The highest BCUT2D eigenvalue weighted by Crippen LogP contribution is 2.34. The Morgan fingerprint density at radius 2 is 0.595 bits per heavy atom. The Hall–Kier alpha value is -2.51. The minimum Gasteiger partial charge on any atom is -0.394 e. The first-order valence-corrected chi connectivity index (χ1v) is 48.5. The van der Waals surface area contributed by atoms with Gasteiger partial charge in [0, 0.05) is 6.42 Å². The molecule has 0 radical (unpaired) electrons. The van der Waals surface area contributed by atoms with Crippen molar-refractivity contribution in [3.63, 3.8) is 0 Å². The molecule has 17 atom stereocenters. The topological polar surface area (TPSA) is 307 Å². The molecule has 17 unspecified atom stereocenters. The van der Waals surface area contributed by atoms with Crippen LogP contribution in [-0.4, -0.2) is 193 Å². The fraction of sp³-hybridized carbons (Fsp3) is 0.887. The van der Waals surface area contributed by atoms with Crippen LogP contribution in [0.15, 0.2) is 60.8 Å². The number of carbonyl (C=O) groups is 1. The standard InChI is InChI=1S/C97H179NO18/c1-3-5-7-9-11-13-15-17-19-21-23-25-27-29-31-33-35-36-37-38-39-40-41-42-43-44-45-47-49-51-53-55-57-59-61-63-65-67-69-71-73-75-85(103)98-80(81(102)74-72-70-68-66-64-62-60-58-56-54-52-50-48-46-34-32-30-28-26-24-22-20-18-16-14-12-10-8-6-4-2)79-111-95-91(109)88(106)93(83(77-100)113-95)116-97-92(110)89(107)94(84(78-101)114-97)115-96-90(108)87(105)86(104)82(76-99)112-96/h5,7,11,13,17,19,23,25,29,31,80-84,86-97,99-102,104-110H,3-4,6,8-10,12,14-16,18,20-22,24,26-28,30,32-79H2,1-2H3,(H,98,103)/b7-5-,13-11-,19-17-,25-23-,31-29-. The predicted octanol–water partition coefficient (Wildman–Crippen LogP) is 19.7. The van der Waals surface area contributed by atoms with Crippen molar-refractivity contribution in [1.82, 2.24) is 5.32 Å². The highest BCUT2D eigenvalue weighted by atomic mass is 16.8. The third kappa shape index (κ3) is 53.5. The van der Waals surface area contributed by atoms with Gasteiger partial charge in [0.05, 0.1) is 38.6 Å². The van der Waals surface area contributed by atoms with Gasteiger partial charge in [0.25, 0.3) is 0 Å². The third-order valence-corrected chi connectivity index (χ3v) is 24.1. The lowest BCUT2D eigenvalue weighted by Gasteiger charge is -2.48. The Labute approximate surface area is 706 Å². The summed E-state index contributed by atoms with van der Waals surface area (Å²) < 4.78 is 34.6. The van der Waals surface area contributed by atoms with E-state index in [4.69, 9.17) is 28.4 Å². The van der Waals surface area contributed by atoms with Gasteiger partial charge >= 0.3 is 0 Å². The molecule has 0 aromatic carbocycles. The zero-order valence-electron chi connectivity index (χ0n) is 73.7. The summed E-state index contributed by atoms with van der Waals surface area (Å²) in [6.45, 7) is 1.76. The molecule has 0 aromatic rings. The zero-order chi connectivity index (χ0) is 83.8. The first-order valence-electron chi connectivity index (χ1n) is 48.5. The van der Waals surface area contributed by atoms with Crippen LogP contribution in [0, 0.1) is 0 Å². The number of carbonyl (C=O) groups excluding carboxylic acids is 1. The molecule has 0 bridgehead atoms. The smallest absolute Gasteiger partial charge is 0.220 e. The largest absolute Gasteiger partial charge is 0.394 e. The van der Waals surface area contributed by atoms with Gasteiger partial charge < -0.3 is 89.9 Å². The molecule has 680 valence electrons. The summed E-state index contributed by atoms with van der Waals surface area (Å²) in [5.74, 6) is -0.234. The van der Waals surface area contributed by atoms with Crippen LogP contribution in [0.5, 0.6) is 0 Å². The number of amides is 1. The van der Waals surface area contributed by atoms with Gasteiger partial charge in [0.1, 0.15) is 73.2 Å². The Balaban J connectivity index is 1.28. The van der Waals surface area contributed by atoms with Gasteiger partial charge in [-0.3, -0.25) is 4.79 Å². The van der Waals surface area contributed by atoms with Gasteiger partial charge in [-0.05, 0) is 57.8 Å². The number of ether oxygens (including phenoxy) is 6. The minimum absolute atomic E-state index is 0.234. The van der Waals surface area contributed by atoms with Crippen LogP contribution >= 0.6 is 0 Å². The van der Waals surface area contributed by atoms with Gasteiger partial charge in [0.15, 0.2) is 18.9 Å². The van der Waals surface area contributed by atoms with Crippen molar-refractivity contribution < 1.29 is 89.4 Å². The molecular weight excluding hydrogens is 1470 g/mol. The molecule has 1 amide bonds. The summed E-state index contributed by atoms with van der Waals surface area (Å²) in [7, 11) is 0. The van der Waals surface area contributed by atoms with Crippen molar-refractivity contribution in [2.24, 2.45) is 0 Å². The fourth-order valence-electron chi connectivity index (χ4n) is 16.5. The molecule has 19 nitrogen and oxygen atoms in total. The maximum Gasteiger partial charge on any atom is 0.220 e. The van der Waals surface area contributed by atoms with Crippen LogP contribution in [0.2, 0.25) is 0 Å². The molecule has 116 heavy (non-hydrogen) atoms. The van der Waals surface area contributed by atoms with E-state index in [9.17, 15) is 61.0 Å². The van der Waals surface area contributed by atoms with Crippen LogP contribution in [0.3, 0.4) is 0 Å². The Bertz CT molecular complexity index is 2320. The monoisotopic (exact) mass is 1650 g/mol. The molecule has 3 aliphatic rings. The van der Waals surface area contributed by atoms with Crippen molar-refractivity contribution in [3.8, 4) is 0 Å². The van der Waals surface area contributed by atoms with Gasteiger partial charge in [0.2, 0.25) is 5.91 Å². The van der Waals surface area contributed by atoms with Crippen LogP contribution in [-0.2, 0) is 33.2 Å². The van der Waals surface area contributed by atoms with E-state index in [0.717, 1.165) is 77.0 Å². The van der Waals surface area contributed by atoms with E-state index in [1.54, 1.807) is 0 Å². The molecule has 3 rings (SSSR count). The summed E-state index contributed by atoms with van der Waals surface area (Å²) in [5.41, 5.74) is 0. The number of unbranched alkanes of at least 4 members (excludes halogenated alkanes) is 54. The van der Waals surface area contributed by atoms with Gasteiger partial charge in [-0.25, -0.2) is 0 Å². The number of nitrogens with one attached hydrogen (secondary N) is 1. The maximum absolute atomic E-state index is 13.6. The Morgan fingerprint density at radius 3 is 0.931 bits per heavy atom. The van der Waals surface area contributed by atoms with Crippen molar-refractivity contribution in [3.05, 3.63) is 60.8 Å². The molecular formula is C97H179NO18. The number of aliphatic hydroxyl groups is 11. The summed E-state index contributed by atoms with van der Waals surface area (Å²) >= 11 is 0.